The van der Waals surface area contributed by atoms with Gasteiger partial charge in [-0.05, 0) is 42.8 Å². The molecule has 124 valence electrons. The Morgan fingerprint density at radius 1 is 1.00 bits per heavy atom. The summed E-state index contributed by atoms with van der Waals surface area (Å²) in [5.74, 6) is -0.564. The van der Waals surface area contributed by atoms with E-state index in [2.05, 4.69) is 15.8 Å². The maximum atomic E-state index is 12.2. The van der Waals surface area contributed by atoms with E-state index in [1.165, 1.54) is 13.0 Å². The van der Waals surface area contributed by atoms with E-state index >= 15 is 0 Å². The van der Waals surface area contributed by atoms with Crippen molar-refractivity contribution < 1.29 is 9.59 Å². The second-order valence-electron chi connectivity index (χ2n) is 5.02. The molecule has 2 amide bonds. The first-order valence-electron chi connectivity index (χ1n) is 7.04. The lowest BCUT2D eigenvalue weighted by molar-refractivity contribution is -0.118. The number of anilines is 1. The Morgan fingerprint density at radius 3 is 2.25 bits per heavy atom. The predicted octanol–water partition coefficient (Wildman–Crippen LogP) is 4.11. The van der Waals surface area contributed by atoms with E-state index in [4.69, 9.17) is 23.2 Å². The molecule has 0 bridgehead atoms. The van der Waals surface area contributed by atoms with Crippen molar-refractivity contribution in [3.8, 4) is 0 Å². The molecule has 0 aliphatic rings. The molecule has 24 heavy (non-hydrogen) atoms. The van der Waals surface area contributed by atoms with Crippen LogP contribution in [0.4, 0.5) is 5.69 Å². The largest absolute Gasteiger partial charge is 0.322 e. The number of hydrazone groups is 1. The number of nitrogens with one attached hydrogen (secondary N) is 2. The van der Waals surface area contributed by atoms with Gasteiger partial charge >= 0.3 is 0 Å². The molecule has 0 radical (unpaired) electrons. The molecule has 0 heterocycles. The highest BCUT2D eigenvalue weighted by molar-refractivity contribution is 6.37. The lowest BCUT2D eigenvalue weighted by atomic mass is 10.1. The minimum absolute atomic E-state index is 0.238. The normalized spacial score (nSPS) is 11.1. The number of carbonyl (C=O) groups excluding carboxylic acids is 2. The second-order valence-corrected chi connectivity index (χ2v) is 5.86. The molecule has 0 aliphatic carbocycles. The van der Waals surface area contributed by atoms with Crippen molar-refractivity contribution in [1.29, 1.82) is 0 Å². The minimum Gasteiger partial charge on any atom is -0.322 e. The fraction of sp³-hybridized carbons (Fsp3) is 0.118. The van der Waals surface area contributed by atoms with Crippen molar-refractivity contribution in [3.05, 3.63) is 63.6 Å². The van der Waals surface area contributed by atoms with Crippen LogP contribution in [0.25, 0.3) is 0 Å². The van der Waals surface area contributed by atoms with Crippen LogP contribution < -0.4 is 10.7 Å². The minimum atomic E-state index is -0.326. The van der Waals surface area contributed by atoms with Gasteiger partial charge in [-0.2, -0.15) is 5.10 Å². The third-order valence-electron chi connectivity index (χ3n) is 3.12. The van der Waals surface area contributed by atoms with Crippen LogP contribution in [0.15, 0.2) is 47.6 Å². The molecule has 2 aromatic rings. The number of halogens is 2. The van der Waals surface area contributed by atoms with Gasteiger partial charge in [-0.15, -0.1) is 0 Å². The van der Waals surface area contributed by atoms with Crippen LogP contribution in [0, 0.1) is 0 Å². The van der Waals surface area contributed by atoms with Crippen LogP contribution >= 0.6 is 23.2 Å². The molecule has 0 atom stereocenters. The van der Waals surface area contributed by atoms with E-state index < -0.39 is 0 Å². The molecule has 2 N–H and O–H groups in total. The highest BCUT2D eigenvalue weighted by Gasteiger charge is 2.11. The first kappa shape index (κ1) is 18.0. The summed E-state index contributed by atoms with van der Waals surface area (Å²) < 4.78 is 0. The predicted molar refractivity (Wildman–Crippen MR) is 96.9 cm³/mol. The molecule has 0 aliphatic heterocycles. The summed E-state index contributed by atoms with van der Waals surface area (Å²) in [6, 6.07) is 11.8. The van der Waals surface area contributed by atoms with E-state index in [9.17, 15) is 9.59 Å². The Morgan fingerprint density at radius 2 is 1.67 bits per heavy atom. The molecule has 0 aromatic heterocycles. The highest BCUT2D eigenvalue weighted by Crippen LogP contribution is 2.22. The van der Waals surface area contributed by atoms with E-state index in [0.717, 1.165) is 5.56 Å². The standard InChI is InChI=1S/C17H15Cl2N3O2/c1-10(21-22-11(2)23)12-3-6-14(7-4-12)20-17(24)15-8-5-13(18)9-16(15)19/h3-9H,1-2H3,(H,20,24)(H,22,23). The SMILES string of the molecule is CC(=O)NN=C(C)c1ccc(NC(=O)c2ccc(Cl)cc2Cl)cc1. The molecule has 0 fully saturated rings. The van der Waals surface area contributed by atoms with Crippen LogP contribution in [0.5, 0.6) is 0 Å². The first-order valence-corrected chi connectivity index (χ1v) is 7.80. The molecule has 0 saturated carbocycles. The summed E-state index contributed by atoms with van der Waals surface area (Å²) in [6.45, 7) is 3.16. The van der Waals surface area contributed by atoms with E-state index in [1.807, 2.05) is 0 Å². The number of rotatable bonds is 4. The maximum Gasteiger partial charge on any atom is 0.257 e. The van der Waals surface area contributed by atoms with E-state index in [-0.39, 0.29) is 16.8 Å². The van der Waals surface area contributed by atoms with Gasteiger partial charge in [-0.3, -0.25) is 9.59 Å². The smallest absolute Gasteiger partial charge is 0.257 e. The quantitative estimate of drug-likeness (QED) is 0.633. The number of hydrogen-bond acceptors (Lipinski definition) is 3. The summed E-state index contributed by atoms with van der Waals surface area (Å²) >= 11 is 11.8. The summed E-state index contributed by atoms with van der Waals surface area (Å²) in [6.07, 6.45) is 0. The third-order valence-corrected chi connectivity index (χ3v) is 3.67. The first-order chi connectivity index (χ1) is 11.4. The van der Waals surface area contributed by atoms with Crippen LogP contribution in [-0.2, 0) is 4.79 Å². The second kappa shape index (κ2) is 7.95. The summed E-state index contributed by atoms with van der Waals surface area (Å²) in [4.78, 5) is 23.1. The number of benzene rings is 2. The Bertz CT molecular complexity index is 802. The van der Waals surface area contributed by atoms with Crippen LogP contribution in [0.1, 0.15) is 29.8 Å². The van der Waals surface area contributed by atoms with Gasteiger partial charge in [0.15, 0.2) is 0 Å². The van der Waals surface area contributed by atoms with Crippen LogP contribution in [-0.4, -0.2) is 17.5 Å². The van der Waals surface area contributed by atoms with Crippen LogP contribution in [0.3, 0.4) is 0 Å². The van der Waals surface area contributed by atoms with E-state index in [1.54, 1.807) is 43.3 Å². The molecule has 0 saturated heterocycles. The molecular weight excluding hydrogens is 349 g/mol. The van der Waals surface area contributed by atoms with Gasteiger partial charge in [0.1, 0.15) is 0 Å². The third kappa shape index (κ3) is 4.81. The van der Waals surface area contributed by atoms with Crippen molar-refractivity contribution in [2.24, 2.45) is 5.10 Å². The van der Waals surface area contributed by atoms with Gasteiger partial charge in [0.05, 0.1) is 16.3 Å². The zero-order valence-electron chi connectivity index (χ0n) is 13.1. The van der Waals surface area contributed by atoms with Gasteiger partial charge in [0, 0.05) is 17.6 Å². The van der Waals surface area contributed by atoms with Gasteiger partial charge < -0.3 is 5.32 Å². The fourth-order valence-corrected chi connectivity index (χ4v) is 2.39. The van der Waals surface area contributed by atoms with Crippen molar-refractivity contribution >= 4 is 46.4 Å². The number of nitrogens with zero attached hydrogens (tertiary/aromatic N) is 1. The monoisotopic (exact) mass is 363 g/mol. The number of carbonyl (C=O) groups is 2. The molecule has 2 aromatic carbocycles. The van der Waals surface area contributed by atoms with Crippen molar-refractivity contribution in [2.45, 2.75) is 13.8 Å². The maximum absolute atomic E-state index is 12.2. The van der Waals surface area contributed by atoms with Gasteiger partial charge in [0.25, 0.3) is 5.91 Å². The topological polar surface area (TPSA) is 70.6 Å². The molecule has 7 heteroatoms. The Kier molecular flexibility index (Phi) is 5.95. The van der Waals surface area contributed by atoms with Gasteiger partial charge in [-0.25, -0.2) is 5.43 Å². The number of amides is 2. The Hall–Kier alpha value is -2.37. The lowest BCUT2D eigenvalue weighted by Gasteiger charge is -2.08. The lowest BCUT2D eigenvalue weighted by Crippen LogP contribution is -2.15. The number of hydrogen-bond donors (Lipinski definition) is 2. The molecule has 5 nitrogen and oxygen atoms in total. The molecular formula is C17H15Cl2N3O2. The Labute approximate surface area is 149 Å². The molecule has 0 spiro atoms. The zero-order chi connectivity index (χ0) is 17.7. The Balaban J connectivity index is 2.10. The molecule has 2 rings (SSSR count). The summed E-state index contributed by atoms with van der Waals surface area (Å²) in [7, 11) is 0. The van der Waals surface area contributed by atoms with Gasteiger partial charge in [0.2, 0.25) is 5.91 Å². The van der Waals surface area contributed by atoms with Crippen molar-refractivity contribution in [1.82, 2.24) is 5.43 Å². The van der Waals surface area contributed by atoms with Gasteiger partial charge in [-0.1, -0.05) is 35.3 Å². The fourth-order valence-electron chi connectivity index (χ4n) is 1.89. The van der Waals surface area contributed by atoms with E-state index in [0.29, 0.717) is 22.0 Å². The highest BCUT2D eigenvalue weighted by atomic mass is 35.5. The average Bonchev–Trinajstić information content (AvgIpc) is 2.53. The zero-order valence-corrected chi connectivity index (χ0v) is 14.6. The summed E-state index contributed by atoms with van der Waals surface area (Å²) in [5, 5.41) is 7.46. The van der Waals surface area contributed by atoms with Crippen molar-refractivity contribution in [3.63, 3.8) is 0 Å². The average molecular weight is 364 g/mol. The van der Waals surface area contributed by atoms with Crippen LogP contribution in [0.2, 0.25) is 10.0 Å². The van der Waals surface area contributed by atoms with Crippen molar-refractivity contribution in [2.75, 3.05) is 5.32 Å². The summed E-state index contributed by atoms with van der Waals surface area (Å²) in [5.41, 5.74) is 4.81. The molecule has 0 unspecified atom stereocenters.